The number of phenolic OH excluding ortho intramolecular Hbond substituents is 1. The number of thiophene rings is 1. The zero-order chi connectivity index (χ0) is 19.7. The van der Waals surface area contributed by atoms with Gasteiger partial charge in [-0.2, -0.15) is 0 Å². The highest BCUT2D eigenvalue weighted by molar-refractivity contribution is 7.99. The quantitative estimate of drug-likeness (QED) is 0.319. The van der Waals surface area contributed by atoms with Crippen LogP contribution in [0.1, 0.15) is 24.0 Å². The van der Waals surface area contributed by atoms with E-state index >= 15 is 0 Å². The van der Waals surface area contributed by atoms with Gasteiger partial charge in [-0.05, 0) is 48.1 Å². The van der Waals surface area contributed by atoms with Crippen LogP contribution >= 0.6 is 23.1 Å². The number of thioether (sulfide) groups is 1. The lowest BCUT2D eigenvalue weighted by Crippen LogP contribution is -2.02. The molecule has 0 aliphatic rings. The molecule has 7 heteroatoms. The maximum absolute atomic E-state index is 10.8. The summed E-state index contributed by atoms with van der Waals surface area (Å²) in [7, 11) is 0. The monoisotopic (exact) mass is 412 g/mol. The maximum atomic E-state index is 10.8. The lowest BCUT2D eigenvalue weighted by Gasteiger charge is -2.09. The number of benzene rings is 2. The Morgan fingerprint density at radius 3 is 2.96 bits per heavy atom. The fourth-order valence-electron chi connectivity index (χ4n) is 3.37. The number of hydrogen-bond acceptors (Lipinski definition) is 5. The van der Waals surface area contributed by atoms with Crippen molar-refractivity contribution in [2.75, 3.05) is 5.75 Å². The molecule has 2 N–H and O–H groups in total. The SMILES string of the molecule is Cc1cccc2scc(Cn3c(SCCCC(=O)O)nc4ccc(O)cc43)c12. The molecule has 0 spiro atoms. The summed E-state index contributed by atoms with van der Waals surface area (Å²) in [4.78, 5) is 15.5. The molecule has 144 valence electrons. The third-order valence-corrected chi connectivity index (χ3v) is 6.73. The average molecular weight is 413 g/mol. The zero-order valence-corrected chi connectivity index (χ0v) is 17.0. The molecule has 0 amide bonds. The minimum absolute atomic E-state index is 0.155. The van der Waals surface area contributed by atoms with E-state index in [0.29, 0.717) is 18.7 Å². The van der Waals surface area contributed by atoms with Crippen LogP contribution in [0.15, 0.2) is 46.9 Å². The number of aryl methyl sites for hydroxylation is 1. The normalized spacial score (nSPS) is 11.5. The number of nitrogens with zero attached hydrogens (tertiary/aromatic N) is 2. The Morgan fingerprint density at radius 2 is 2.14 bits per heavy atom. The van der Waals surface area contributed by atoms with Gasteiger partial charge in [0.2, 0.25) is 0 Å². The van der Waals surface area contributed by atoms with E-state index in [1.54, 1.807) is 35.2 Å². The number of imidazole rings is 1. The van der Waals surface area contributed by atoms with Gasteiger partial charge < -0.3 is 14.8 Å². The van der Waals surface area contributed by atoms with Crippen LogP contribution in [0.2, 0.25) is 0 Å². The van der Waals surface area contributed by atoms with Gasteiger partial charge in [-0.1, -0.05) is 23.9 Å². The van der Waals surface area contributed by atoms with Crippen LogP contribution in [0.25, 0.3) is 21.1 Å². The van der Waals surface area contributed by atoms with Gasteiger partial charge in [0.15, 0.2) is 5.16 Å². The summed E-state index contributed by atoms with van der Waals surface area (Å²) < 4.78 is 3.38. The van der Waals surface area contributed by atoms with Gasteiger partial charge in [-0.25, -0.2) is 4.98 Å². The fraction of sp³-hybridized carbons (Fsp3) is 0.238. The molecule has 0 bridgehead atoms. The minimum Gasteiger partial charge on any atom is -0.508 e. The Hall–Kier alpha value is -2.51. The lowest BCUT2D eigenvalue weighted by molar-refractivity contribution is -0.137. The van der Waals surface area contributed by atoms with E-state index in [2.05, 4.69) is 35.1 Å². The number of phenols is 1. The molecular formula is C21H20N2O3S2. The molecule has 2 aromatic heterocycles. The minimum atomic E-state index is -0.778. The average Bonchev–Trinajstić information content (AvgIpc) is 3.22. The molecule has 5 nitrogen and oxygen atoms in total. The highest BCUT2D eigenvalue weighted by Crippen LogP contribution is 2.33. The first-order chi connectivity index (χ1) is 13.5. The Bertz CT molecular complexity index is 1160. The van der Waals surface area contributed by atoms with E-state index in [9.17, 15) is 9.90 Å². The second-order valence-corrected chi connectivity index (χ2v) is 8.68. The van der Waals surface area contributed by atoms with Crippen LogP contribution in [-0.4, -0.2) is 31.5 Å². The number of rotatable bonds is 7. The van der Waals surface area contributed by atoms with E-state index in [0.717, 1.165) is 16.2 Å². The topological polar surface area (TPSA) is 75.4 Å². The molecule has 0 radical (unpaired) electrons. The molecule has 0 atom stereocenters. The van der Waals surface area contributed by atoms with Crippen molar-refractivity contribution in [1.29, 1.82) is 0 Å². The molecule has 2 aromatic carbocycles. The maximum Gasteiger partial charge on any atom is 0.303 e. The highest BCUT2D eigenvalue weighted by atomic mass is 32.2. The van der Waals surface area contributed by atoms with Crippen molar-refractivity contribution < 1.29 is 15.0 Å². The van der Waals surface area contributed by atoms with E-state index in [-0.39, 0.29) is 12.2 Å². The van der Waals surface area contributed by atoms with Crippen LogP contribution in [0.5, 0.6) is 5.75 Å². The third-order valence-electron chi connectivity index (χ3n) is 4.68. The fourth-order valence-corrected chi connectivity index (χ4v) is 5.35. The second kappa shape index (κ2) is 7.85. The summed E-state index contributed by atoms with van der Waals surface area (Å²) in [5.74, 6) is 0.118. The summed E-state index contributed by atoms with van der Waals surface area (Å²) in [6.45, 7) is 2.78. The Kier molecular flexibility index (Phi) is 5.28. The summed E-state index contributed by atoms with van der Waals surface area (Å²) in [6, 6.07) is 11.5. The van der Waals surface area contributed by atoms with Gasteiger partial charge in [0.25, 0.3) is 0 Å². The Morgan fingerprint density at radius 1 is 1.29 bits per heavy atom. The number of aromatic hydroxyl groups is 1. The predicted molar refractivity (Wildman–Crippen MR) is 115 cm³/mol. The summed E-state index contributed by atoms with van der Waals surface area (Å²) in [6.07, 6.45) is 0.747. The molecule has 28 heavy (non-hydrogen) atoms. The number of carboxylic acids is 1. The van der Waals surface area contributed by atoms with Gasteiger partial charge >= 0.3 is 5.97 Å². The molecule has 0 saturated carbocycles. The summed E-state index contributed by atoms with van der Waals surface area (Å²) in [5, 5.41) is 23.1. The first-order valence-corrected chi connectivity index (χ1v) is 10.9. The van der Waals surface area contributed by atoms with Crippen molar-refractivity contribution in [2.45, 2.75) is 31.5 Å². The van der Waals surface area contributed by atoms with E-state index < -0.39 is 5.97 Å². The molecule has 4 aromatic rings. The van der Waals surface area contributed by atoms with Gasteiger partial charge in [-0.3, -0.25) is 4.79 Å². The predicted octanol–water partition coefficient (Wildman–Crippen LogP) is 5.27. The molecule has 0 unspecified atom stereocenters. The molecule has 0 aliphatic carbocycles. The van der Waals surface area contributed by atoms with Crippen LogP contribution < -0.4 is 0 Å². The zero-order valence-electron chi connectivity index (χ0n) is 15.4. The number of fused-ring (bicyclic) bond motifs is 2. The summed E-state index contributed by atoms with van der Waals surface area (Å²) >= 11 is 3.30. The summed E-state index contributed by atoms with van der Waals surface area (Å²) in [5.41, 5.74) is 4.19. The van der Waals surface area contributed by atoms with Gasteiger partial charge in [0.05, 0.1) is 17.6 Å². The molecule has 0 fully saturated rings. The van der Waals surface area contributed by atoms with Crippen molar-refractivity contribution in [3.05, 3.63) is 52.9 Å². The van der Waals surface area contributed by atoms with E-state index in [4.69, 9.17) is 10.1 Å². The van der Waals surface area contributed by atoms with Crippen molar-refractivity contribution in [3.8, 4) is 5.75 Å². The molecule has 4 rings (SSSR count). The van der Waals surface area contributed by atoms with Crippen LogP contribution in [0.4, 0.5) is 0 Å². The third kappa shape index (κ3) is 3.72. The van der Waals surface area contributed by atoms with Crippen LogP contribution in [0, 0.1) is 6.92 Å². The molecule has 0 aliphatic heterocycles. The van der Waals surface area contributed by atoms with Gasteiger partial charge in [0, 0.05) is 28.3 Å². The standard InChI is InChI=1S/C21H20N2O3S2/c1-13-4-2-5-18-20(13)14(12-28-18)11-23-17-10-15(24)7-8-16(17)22-21(23)27-9-3-6-19(25)26/h2,4-5,7-8,10,12,24H,3,6,9,11H2,1H3,(H,25,26). The molecular weight excluding hydrogens is 392 g/mol. The van der Waals surface area contributed by atoms with E-state index in [1.807, 2.05) is 6.07 Å². The Labute approximate surface area is 170 Å². The van der Waals surface area contributed by atoms with Gasteiger partial charge in [0.1, 0.15) is 5.75 Å². The lowest BCUT2D eigenvalue weighted by atomic mass is 10.1. The Balaban J connectivity index is 1.72. The van der Waals surface area contributed by atoms with Crippen molar-refractivity contribution in [3.63, 3.8) is 0 Å². The van der Waals surface area contributed by atoms with Crippen LogP contribution in [-0.2, 0) is 11.3 Å². The second-order valence-electron chi connectivity index (χ2n) is 6.71. The largest absolute Gasteiger partial charge is 0.508 e. The number of hydrogen-bond donors (Lipinski definition) is 2. The number of aliphatic carboxylic acids is 1. The van der Waals surface area contributed by atoms with Crippen molar-refractivity contribution in [1.82, 2.24) is 9.55 Å². The van der Waals surface area contributed by atoms with Crippen molar-refractivity contribution >= 4 is 50.2 Å². The number of carbonyl (C=O) groups is 1. The number of carboxylic acid groups (broad SMARTS) is 1. The molecule has 0 saturated heterocycles. The number of aromatic nitrogens is 2. The highest BCUT2D eigenvalue weighted by Gasteiger charge is 2.15. The van der Waals surface area contributed by atoms with Crippen molar-refractivity contribution in [2.24, 2.45) is 0 Å². The first-order valence-electron chi connectivity index (χ1n) is 9.02. The smallest absolute Gasteiger partial charge is 0.303 e. The van der Waals surface area contributed by atoms with Crippen LogP contribution in [0.3, 0.4) is 0 Å². The first kappa shape index (κ1) is 18.8. The van der Waals surface area contributed by atoms with E-state index in [1.165, 1.54) is 21.2 Å². The van der Waals surface area contributed by atoms with Gasteiger partial charge in [-0.15, -0.1) is 11.3 Å². The molecule has 2 heterocycles.